The van der Waals surface area contributed by atoms with Crippen LogP contribution in [0.15, 0.2) is 12.2 Å². The van der Waals surface area contributed by atoms with Crippen LogP contribution in [-0.2, 0) is 9.53 Å². The van der Waals surface area contributed by atoms with Gasteiger partial charge in [0.1, 0.15) is 0 Å². The minimum atomic E-state index is -0.157. The molecule has 0 aliphatic heterocycles. The van der Waals surface area contributed by atoms with Crippen molar-refractivity contribution in [1.29, 1.82) is 0 Å². The second-order valence-corrected chi connectivity index (χ2v) is 3.20. The summed E-state index contributed by atoms with van der Waals surface area (Å²) in [7, 11) is 1.41. The number of hydrogen-bond donors (Lipinski definition) is 0. The predicted molar refractivity (Wildman–Crippen MR) is 38.4 cm³/mol. The molecular formula is C8H12O2. The topological polar surface area (TPSA) is 26.3 Å². The summed E-state index contributed by atoms with van der Waals surface area (Å²) in [4.78, 5) is 10.9. The normalized spacial score (nSPS) is 27.9. The van der Waals surface area contributed by atoms with Gasteiger partial charge in [-0.05, 0) is 0 Å². The Labute approximate surface area is 60.9 Å². The smallest absolute Gasteiger partial charge is 0.313 e. The summed E-state index contributed by atoms with van der Waals surface area (Å²) in [6, 6.07) is 0. The molecule has 0 aromatic heterocycles. The van der Waals surface area contributed by atoms with E-state index in [1.165, 1.54) is 7.11 Å². The van der Waals surface area contributed by atoms with Gasteiger partial charge < -0.3 is 4.74 Å². The Balaban J connectivity index is 2.66. The maximum Gasteiger partial charge on any atom is 0.313 e. The standard InChI is InChI=1S/C8H12O2/c1-5-6(7(9)10-4)8(5,2)3/h6H,1H2,2-4H3. The van der Waals surface area contributed by atoms with E-state index in [0.717, 1.165) is 5.57 Å². The summed E-state index contributed by atoms with van der Waals surface area (Å²) >= 11 is 0. The Bertz CT molecular complexity index is 191. The van der Waals surface area contributed by atoms with Gasteiger partial charge >= 0.3 is 5.97 Å². The van der Waals surface area contributed by atoms with Gasteiger partial charge in [-0.15, -0.1) is 0 Å². The molecule has 0 aromatic carbocycles. The van der Waals surface area contributed by atoms with E-state index in [2.05, 4.69) is 11.3 Å². The molecular weight excluding hydrogens is 128 g/mol. The van der Waals surface area contributed by atoms with Crippen molar-refractivity contribution >= 4 is 5.97 Å². The molecule has 0 N–H and O–H groups in total. The second kappa shape index (κ2) is 1.84. The number of esters is 1. The lowest BCUT2D eigenvalue weighted by molar-refractivity contribution is -0.142. The average Bonchev–Trinajstić information content (AvgIpc) is 2.33. The molecule has 0 aromatic rings. The highest BCUT2D eigenvalue weighted by atomic mass is 16.5. The third kappa shape index (κ3) is 0.753. The molecule has 1 aliphatic rings. The molecule has 0 radical (unpaired) electrons. The molecule has 1 aliphatic carbocycles. The molecule has 2 nitrogen and oxygen atoms in total. The summed E-state index contributed by atoms with van der Waals surface area (Å²) in [6.07, 6.45) is 0. The van der Waals surface area contributed by atoms with Crippen LogP contribution in [0.25, 0.3) is 0 Å². The van der Waals surface area contributed by atoms with Crippen LogP contribution >= 0.6 is 0 Å². The van der Waals surface area contributed by atoms with Crippen LogP contribution in [0.4, 0.5) is 0 Å². The van der Waals surface area contributed by atoms with E-state index in [0.29, 0.717) is 0 Å². The average molecular weight is 140 g/mol. The first kappa shape index (κ1) is 7.32. The lowest BCUT2D eigenvalue weighted by atomic mass is 10.1. The molecule has 0 spiro atoms. The Morgan fingerprint density at radius 1 is 1.70 bits per heavy atom. The van der Waals surface area contributed by atoms with Crippen LogP contribution in [0.5, 0.6) is 0 Å². The van der Waals surface area contributed by atoms with Gasteiger partial charge in [-0.1, -0.05) is 26.0 Å². The number of carbonyl (C=O) groups is 1. The van der Waals surface area contributed by atoms with Gasteiger partial charge in [0, 0.05) is 5.41 Å². The van der Waals surface area contributed by atoms with Crippen molar-refractivity contribution in [1.82, 2.24) is 0 Å². The van der Waals surface area contributed by atoms with E-state index in [1.54, 1.807) is 0 Å². The number of hydrogen-bond acceptors (Lipinski definition) is 2. The first-order valence-electron chi connectivity index (χ1n) is 3.29. The van der Waals surface area contributed by atoms with Gasteiger partial charge in [-0.2, -0.15) is 0 Å². The van der Waals surface area contributed by atoms with E-state index in [1.807, 2.05) is 13.8 Å². The first-order chi connectivity index (χ1) is 4.51. The summed E-state index contributed by atoms with van der Waals surface area (Å²) in [5.74, 6) is -0.215. The van der Waals surface area contributed by atoms with Crippen LogP contribution in [0.2, 0.25) is 0 Å². The third-order valence-electron chi connectivity index (χ3n) is 2.25. The maximum atomic E-state index is 10.9. The maximum absolute atomic E-state index is 10.9. The third-order valence-corrected chi connectivity index (χ3v) is 2.25. The van der Waals surface area contributed by atoms with Crippen molar-refractivity contribution in [2.75, 3.05) is 7.11 Å². The van der Waals surface area contributed by atoms with Crippen molar-refractivity contribution in [3.8, 4) is 0 Å². The summed E-state index contributed by atoms with van der Waals surface area (Å²) in [5, 5.41) is 0. The monoisotopic (exact) mass is 140 g/mol. The minimum Gasteiger partial charge on any atom is -0.469 e. The van der Waals surface area contributed by atoms with E-state index in [4.69, 9.17) is 0 Å². The molecule has 0 saturated heterocycles. The van der Waals surface area contributed by atoms with Gasteiger partial charge in [-0.3, -0.25) is 4.79 Å². The quantitative estimate of drug-likeness (QED) is 0.406. The molecule has 1 rings (SSSR count). The molecule has 0 bridgehead atoms. The number of rotatable bonds is 1. The molecule has 0 heterocycles. The number of carbonyl (C=O) groups excluding carboxylic acids is 1. The molecule has 1 atom stereocenters. The summed E-state index contributed by atoms with van der Waals surface area (Å²) in [6.45, 7) is 7.76. The number of methoxy groups -OCH3 is 1. The molecule has 10 heavy (non-hydrogen) atoms. The Morgan fingerprint density at radius 3 is 2.20 bits per heavy atom. The fourth-order valence-corrected chi connectivity index (χ4v) is 1.19. The van der Waals surface area contributed by atoms with Crippen molar-refractivity contribution in [3.63, 3.8) is 0 Å². The minimum absolute atomic E-state index is 0.0207. The van der Waals surface area contributed by atoms with Crippen molar-refractivity contribution < 1.29 is 9.53 Å². The summed E-state index contributed by atoms with van der Waals surface area (Å²) in [5.41, 5.74) is 0.965. The molecule has 2 heteroatoms. The van der Waals surface area contributed by atoms with E-state index >= 15 is 0 Å². The molecule has 1 unspecified atom stereocenters. The Kier molecular flexibility index (Phi) is 1.35. The lowest BCUT2D eigenvalue weighted by Gasteiger charge is -1.97. The summed E-state index contributed by atoms with van der Waals surface area (Å²) < 4.78 is 4.58. The molecule has 1 fully saturated rings. The van der Waals surface area contributed by atoms with Gasteiger partial charge in [0.15, 0.2) is 0 Å². The van der Waals surface area contributed by atoms with Crippen LogP contribution < -0.4 is 0 Å². The Hall–Kier alpha value is -0.790. The zero-order valence-electron chi connectivity index (χ0n) is 6.60. The van der Waals surface area contributed by atoms with Crippen molar-refractivity contribution in [2.24, 2.45) is 11.3 Å². The fourth-order valence-electron chi connectivity index (χ4n) is 1.19. The highest BCUT2D eigenvalue weighted by Crippen LogP contribution is 2.56. The van der Waals surface area contributed by atoms with E-state index in [-0.39, 0.29) is 17.3 Å². The highest BCUT2D eigenvalue weighted by molar-refractivity contribution is 5.83. The second-order valence-electron chi connectivity index (χ2n) is 3.20. The van der Waals surface area contributed by atoms with Gasteiger partial charge in [-0.25, -0.2) is 0 Å². The molecule has 0 amide bonds. The van der Waals surface area contributed by atoms with Crippen molar-refractivity contribution in [2.45, 2.75) is 13.8 Å². The predicted octanol–water partition coefficient (Wildman–Crippen LogP) is 1.37. The van der Waals surface area contributed by atoms with Gasteiger partial charge in [0.25, 0.3) is 0 Å². The Morgan fingerprint density at radius 2 is 2.10 bits per heavy atom. The van der Waals surface area contributed by atoms with Crippen molar-refractivity contribution in [3.05, 3.63) is 12.2 Å². The van der Waals surface area contributed by atoms with Gasteiger partial charge in [0.2, 0.25) is 0 Å². The van der Waals surface area contributed by atoms with Crippen LogP contribution in [0.1, 0.15) is 13.8 Å². The van der Waals surface area contributed by atoms with Crippen LogP contribution in [0, 0.1) is 11.3 Å². The molecule has 1 saturated carbocycles. The van der Waals surface area contributed by atoms with E-state index in [9.17, 15) is 4.79 Å². The molecule has 56 valence electrons. The SMILES string of the molecule is C=C1C(C(=O)OC)C1(C)C. The van der Waals surface area contributed by atoms with Crippen LogP contribution in [-0.4, -0.2) is 13.1 Å². The first-order valence-corrected chi connectivity index (χ1v) is 3.29. The lowest BCUT2D eigenvalue weighted by Crippen LogP contribution is -2.06. The largest absolute Gasteiger partial charge is 0.469 e. The van der Waals surface area contributed by atoms with Gasteiger partial charge in [0.05, 0.1) is 13.0 Å². The number of ether oxygens (including phenoxy) is 1. The fraction of sp³-hybridized carbons (Fsp3) is 0.625. The zero-order chi connectivity index (χ0) is 7.94. The highest BCUT2D eigenvalue weighted by Gasteiger charge is 2.56. The van der Waals surface area contributed by atoms with E-state index < -0.39 is 0 Å². The zero-order valence-corrected chi connectivity index (χ0v) is 6.60. The van der Waals surface area contributed by atoms with Crippen LogP contribution in [0.3, 0.4) is 0 Å².